The number of rotatable bonds is 12. The quantitative estimate of drug-likeness (QED) is 0.144. The molecule has 1 saturated heterocycles. The van der Waals surface area contributed by atoms with Crippen molar-refractivity contribution < 1.29 is 66.8 Å². The Balaban J connectivity index is 2.04. The number of benzene rings is 2. The summed E-state index contributed by atoms with van der Waals surface area (Å²) in [6.07, 6.45) is -7.94. The molecular weight excluding hydrogens is 652 g/mol. The van der Waals surface area contributed by atoms with Gasteiger partial charge in [-0.3, -0.25) is 34.6 Å². The van der Waals surface area contributed by atoms with Gasteiger partial charge in [0.1, 0.15) is 36.4 Å². The maximum absolute atomic E-state index is 12.5. The number of anilines is 1. The van der Waals surface area contributed by atoms with Crippen molar-refractivity contribution in [3.8, 4) is 11.5 Å². The molecule has 0 aliphatic carbocycles. The zero-order valence-electron chi connectivity index (χ0n) is 27.9. The van der Waals surface area contributed by atoms with Crippen LogP contribution in [-0.2, 0) is 54.2 Å². The van der Waals surface area contributed by atoms with Gasteiger partial charge in [0.05, 0.1) is 4.92 Å². The van der Waals surface area contributed by atoms with Crippen molar-refractivity contribution >= 4 is 41.3 Å². The molecule has 1 amide bonds. The fraction of sp³-hybridized carbons (Fsp3) is 0.469. The lowest BCUT2D eigenvalue weighted by atomic mass is 9.98. The summed E-state index contributed by atoms with van der Waals surface area (Å²) < 4.78 is 44.8. The van der Waals surface area contributed by atoms with Crippen LogP contribution in [0.1, 0.15) is 54.0 Å². The van der Waals surface area contributed by atoms with Crippen LogP contribution in [0.4, 0.5) is 16.2 Å². The second kappa shape index (κ2) is 16.6. The molecule has 2 aromatic carbocycles. The summed E-state index contributed by atoms with van der Waals surface area (Å²) in [6.45, 7) is 8.82. The van der Waals surface area contributed by atoms with Gasteiger partial charge < -0.3 is 37.9 Å². The Hall–Kier alpha value is -5.45. The van der Waals surface area contributed by atoms with Gasteiger partial charge in [-0.05, 0) is 51.1 Å². The summed E-state index contributed by atoms with van der Waals surface area (Å²) in [7, 11) is 0. The second-order valence-corrected chi connectivity index (χ2v) is 11.7. The molecule has 0 saturated carbocycles. The molecule has 3 rings (SSSR count). The van der Waals surface area contributed by atoms with E-state index in [0.717, 1.165) is 27.7 Å². The average Bonchev–Trinajstić information content (AvgIpc) is 2.97. The lowest BCUT2D eigenvalue weighted by Gasteiger charge is -2.44. The average molecular weight is 691 g/mol. The zero-order valence-corrected chi connectivity index (χ0v) is 27.9. The van der Waals surface area contributed by atoms with Crippen molar-refractivity contribution in [3.05, 3.63) is 58.1 Å². The van der Waals surface area contributed by atoms with Crippen molar-refractivity contribution in [3.63, 3.8) is 0 Å². The number of esters is 4. The molecule has 5 atom stereocenters. The molecule has 2 aromatic rings. The van der Waals surface area contributed by atoms with Gasteiger partial charge in [-0.1, -0.05) is 0 Å². The highest BCUT2D eigenvalue weighted by atomic mass is 16.7. The standard InChI is InChI=1S/C32H38N2O15/c1-17(35)42-16-26-27(44-18(2)36)28(45-19(3)37)29(46-20(4)38)30(48-26)47-25-13-8-22(33-31(39)49-32(5,6)7)14-21(25)15-43-24-11-9-23(10-12-24)34(40)41/h8-14,26-30H,15-16H2,1-7H3,(H,33,39)/t26-,27+,28+,29-,30-/m1/s1. The first-order valence-corrected chi connectivity index (χ1v) is 14.9. The van der Waals surface area contributed by atoms with Gasteiger partial charge >= 0.3 is 30.0 Å². The number of hydrogen-bond acceptors (Lipinski definition) is 15. The van der Waals surface area contributed by atoms with Gasteiger partial charge in [0.2, 0.25) is 12.4 Å². The monoisotopic (exact) mass is 690 g/mol. The zero-order chi connectivity index (χ0) is 36.5. The van der Waals surface area contributed by atoms with E-state index in [0.29, 0.717) is 5.56 Å². The van der Waals surface area contributed by atoms with Crippen LogP contribution in [0.2, 0.25) is 0 Å². The molecule has 266 valence electrons. The summed E-state index contributed by atoms with van der Waals surface area (Å²) in [5.74, 6) is -2.79. The van der Waals surface area contributed by atoms with Gasteiger partial charge in [-0.15, -0.1) is 0 Å². The van der Waals surface area contributed by atoms with Crippen molar-refractivity contribution in [2.24, 2.45) is 0 Å². The third-order valence-electron chi connectivity index (χ3n) is 6.34. The number of carbonyl (C=O) groups excluding carboxylic acids is 5. The van der Waals surface area contributed by atoms with E-state index in [1.54, 1.807) is 20.8 Å². The van der Waals surface area contributed by atoms with Gasteiger partial charge in [0.15, 0.2) is 12.2 Å². The summed E-state index contributed by atoms with van der Waals surface area (Å²) in [5, 5.41) is 13.7. The van der Waals surface area contributed by atoms with E-state index >= 15 is 0 Å². The van der Waals surface area contributed by atoms with Gasteiger partial charge in [-0.25, -0.2) is 4.79 Å². The molecule has 17 nitrogen and oxygen atoms in total. The van der Waals surface area contributed by atoms with E-state index in [4.69, 9.17) is 37.9 Å². The fourth-order valence-electron chi connectivity index (χ4n) is 4.54. The number of hydrogen-bond donors (Lipinski definition) is 1. The number of nitro groups is 1. The molecule has 0 aromatic heterocycles. The maximum atomic E-state index is 12.5. The van der Waals surface area contributed by atoms with Crippen LogP contribution in [0, 0.1) is 10.1 Å². The van der Waals surface area contributed by atoms with E-state index in [9.17, 15) is 34.1 Å². The highest BCUT2D eigenvalue weighted by molar-refractivity contribution is 5.85. The van der Waals surface area contributed by atoms with Crippen LogP contribution in [0.3, 0.4) is 0 Å². The predicted octanol–water partition coefficient (Wildman–Crippen LogP) is 3.98. The summed E-state index contributed by atoms with van der Waals surface area (Å²) in [6, 6.07) is 9.70. The molecule has 1 aliphatic heterocycles. The Morgan fingerprint density at radius 3 is 1.98 bits per heavy atom. The van der Waals surface area contributed by atoms with Crippen molar-refractivity contribution in [1.29, 1.82) is 0 Å². The second-order valence-electron chi connectivity index (χ2n) is 11.7. The van der Waals surface area contributed by atoms with E-state index < -0.39 is 77.8 Å². The molecule has 0 bridgehead atoms. The summed E-state index contributed by atoms with van der Waals surface area (Å²) in [5.41, 5.74) is -0.377. The minimum atomic E-state index is -1.55. The Morgan fingerprint density at radius 1 is 0.837 bits per heavy atom. The van der Waals surface area contributed by atoms with Crippen LogP contribution in [0.25, 0.3) is 0 Å². The third-order valence-corrected chi connectivity index (χ3v) is 6.34. The number of non-ortho nitro benzene ring substituents is 1. The smallest absolute Gasteiger partial charge is 0.412 e. The molecule has 1 fully saturated rings. The Morgan fingerprint density at radius 2 is 1.43 bits per heavy atom. The predicted molar refractivity (Wildman–Crippen MR) is 166 cm³/mol. The lowest BCUT2D eigenvalue weighted by Crippen LogP contribution is -2.63. The normalized spacial score (nSPS) is 20.2. The molecule has 0 radical (unpaired) electrons. The van der Waals surface area contributed by atoms with Gasteiger partial charge in [-0.2, -0.15) is 0 Å². The lowest BCUT2D eigenvalue weighted by molar-refractivity contribution is -0.384. The molecule has 0 spiro atoms. The molecule has 1 N–H and O–H groups in total. The third kappa shape index (κ3) is 11.9. The Kier molecular flexibility index (Phi) is 12.9. The molecule has 1 heterocycles. The Bertz CT molecular complexity index is 1540. The number of nitrogens with zero attached hydrogens (tertiary/aromatic N) is 1. The molecule has 0 unspecified atom stereocenters. The Labute approximate surface area is 281 Å². The SMILES string of the molecule is CC(=O)OC[C@H]1O[C@@H](Oc2ccc(NC(=O)OC(C)(C)C)cc2COc2ccc([N+](=O)[O-])cc2)[C@H](OC(C)=O)[C@@H](OC(C)=O)[C@H]1OC(C)=O. The molecule has 17 heteroatoms. The van der Waals surface area contributed by atoms with E-state index in [2.05, 4.69) is 5.32 Å². The van der Waals surface area contributed by atoms with Crippen LogP contribution < -0.4 is 14.8 Å². The molecule has 49 heavy (non-hydrogen) atoms. The molecular formula is C32H38N2O15. The number of nitro benzene ring substituents is 1. The van der Waals surface area contributed by atoms with Crippen LogP contribution in [0.5, 0.6) is 11.5 Å². The minimum absolute atomic E-state index is 0.0672. The van der Waals surface area contributed by atoms with Crippen LogP contribution in [-0.4, -0.2) is 77.8 Å². The minimum Gasteiger partial charge on any atom is -0.489 e. The maximum Gasteiger partial charge on any atom is 0.412 e. The van der Waals surface area contributed by atoms with Crippen LogP contribution >= 0.6 is 0 Å². The van der Waals surface area contributed by atoms with Crippen molar-refractivity contribution in [2.45, 2.75) is 91.4 Å². The summed E-state index contributed by atoms with van der Waals surface area (Å²) in [4.78, 5) is 71.2. The van der Waals surface area contributed by atoms with Crippen molar-refractivity contribution in [2.75, 3.05) is 11.9 Å². The fourth-order valence-corrected chi connectivity index (χ4v) is 4.54. The van der Waals surface area contributed by atoms with E-state index in [1.165, 1.54) is 42.5 Å². The first-order chi connectivity index (χ1) is 22.9. The van der Waals surface area contributed by atoms with E-state index in [-0.39, 0.29) is 29.5 Å². The first-order valence-electron chi connectivity index (χ1n) is 14.9. The highest BCUT2D eigenvalue weighted by Crippen LogP contribution is 2.33. The van der Waals surface area contributed by atoms with Gasteiger partial charge in [0.25, 0.3) is 5.69 Å². The van der Waals surface area contributed by atoms with E-state index in [1.807, 2.05) is 0 Å². The van der Waals surface area contributed by atoms with Gasteiger partial charge in [0, 0.05) is 51.1 Å². The largest absolute Gasteiger partial charge is 0.489 e. The number of amides is 1. The van der Waals surface area contributed by atoms with Crippen LogP contribution in [0.15, 0.2) is 42.5 Å². The summed E-state index contributed by atoms with van der Waals surface area (Å²) >= 11 is 0. The topological polar surface area (TPSA) is 214 Å². The highest BCUT2D eigenvalue weighted by Gasteiger charge is 2.53. The number of carbonyl (C=O) groups is 5. The number of ether oxygens (including phenoxy) is 8. The number of nitrogens with one attached hydrogen (secondary N) is 1. The molecule has 1 aliphatic rings. The van der Waals surface area contributed by atoms with Crippen molar-refractivity contribution in [1.82, 2.24) is 0 Å². The first kappa shape index (κ1) is 38.0.